The van der Waals surface area contributed by atoms with E-state index in [4.69, 9.17) is 5.73 Å². The molecule has 1 aromatic heterocycles. The van der Waals surface area contributed by atoms with Gasteiger partial charge in [-0.25, -0.2) is 4.98 Å². The summed E-state index contributed by atoms with van der Waals surface area (Å²) < 4.78 is 0. The molecule has 0 aromatic carbocycles. The molecular formula is C13H22N4OS. The summed E-state index contributed by atoms with van der Waals surface area (Å²) >= 11 is 1.79. The Bertz CT molecular complexity index is 413. The standard InChI is InChI=1S/C13H22N4OS/c1-2-13-16-8-11(19-13)7-15-10-3-5-17(6-4-10)9-12(14)18/h8,10,15H,2-7,9H2,1H3,(H2,14,18). The van der Waals surface area contributed by atoms with Gasteiger partial charge >= 0.3 is 0 Å². The molecule has 0 aliphatic carbocycles. The van der Waals surface area contributed by atoms with Crippen LogP contribution in [0.15, 0.2) is 6.20 Å². The Morgan fingerprint density at radius 1 is 1.58 bits per heavy atom. The number of likely N-dealkylation sites (tertiary alicyclic amines) is 1. The molecule has 2 rings (SSSR count). The topological polar surface area (TPSA) is 71.2 Å². The van der Waals surface area contributed by atoms with Crippen molar-refractivity contribution in [3.05, 3.63) is 16.1 Å². The number of primary amides is 1. The Balaban J connectivity index is 1.69. The highest BCUT2D eigenvalue weighted by Gasteiger charge is 2.19. The van der Waals surface area contributed by atoms with Crippen LogP contribution in [0.2, 0.25) is 0 Å². The first-order valence-electron chi connectivity index (χ1n) is 6.85. The third-order valence-corrected chi connectivity index (χ3v) is 4.58. The highest BCUT2D eigenvalue weighted by Crippen LogP contribution is 2.15. The van der Waals surface area contributed by atoms with Crippen LogP contribution in [0.25, 0.3) is 0 Å². The van der Waals surface area contributed by atoms with Gasteiger partial charge in [0.2, 0.25) is 5.91 Å². The minimum atomic E-state index is -0.233. The van der Waals surface area contributed by atoms with Crippen molar-refractivity contribution < 1.29 is 4.79 Å². The van der Waals surface area contributed by atoms with Crippen LogP contribution in [0.3, 0.4) is 0 Å². The number of carbonyl (C=O) groups is 1. The number of nitrogens with one attached hydrogen (secondary N) is 1. The van der Waals surface area contributed by atoms with E-state index in [9.17, 15) is 4.79 Å². The summed E-state index contributed by atoms with van der Waals surface area (Å²) in [5.41, 5.74) is 5.21. The highest BCUT2D eigenvalue weighted by molar-refractivity contribution is 7.11. The number of hydrogen-bond acceptors (Lipinski definition) is 5. The van der Waals surface area contributed by atoms with E-state index >= 15 is 0 Å². The van der Waals surface area contributed by atoms with Gasteiger partial charge in [-0.2, -0.15) is 0 Å². The van der Waals surface area contributed by atoms with Crippen molar-refractivity contribution in [3.63, 3.8) is 0 Å². The second kappa shape index (κ2) is 6.98. The SMILES string of the molecule is CCc1ncc(CNC2CCN(CC(N)=O)CC2)s1. The Hall–Kier alpha value is -0.980. The first-order valence-corrected chi connectivity index (χ1v) is 7.66. The highest BCUT2D eigenvalue weighted by atomic mass is 32.1. The summed E-state index contributed by atoms with van der Waals surface area (Å²) in [5.74, 6) is -0.233. The number of nitrogens with two attached hydrogens (primary N) is 1. The number of nitrogens with zero attached hydrogens (tertiary/aromatic N) is 2. The van der Waals surface area contributed by atoms with E-state index in [1.165, 1.54) is 9.88 Å². The maximum atomic E-state index is 10.8. The van der Waals surface area contributed by atoms with Crippen LogP contribution in [0.5, 0.6) is 0 Å². The molecule has 2 heterocycles. The lowest BCUT2D eigenvalue weighted by Gasteiger charge is -2.31. The number of rotatable bonds is 6. The first kappa shape index (κ1) is 14.4. The van der Waals surface area contributed by atoms with E-state index < -0.39 is 0 Å². The van der Waals surface area contributed by atoms with Crippen molar-refractivity contribution >= 4 is 17.2 Å². The molecule has 1 aromatic rings. The lowest BCUT2D eigenvalue weighted by atomic mass is 10.1. The summed E-state index contributed by atoms with van der Waals surface area (Å²) in [7, 11) is 0. The average molecular weight is 282 g/mol. The minimum Gasteiger partial charge on any atom is -0.369 e. The van der Waals surface area contributed by atoms with Crippen LogP contribution in [-0.4, -0.2) is 41.5 Å². The summed E-state index contributed by atoms with van der Waals surface area (Å²) in [4.78, 5) is 18.6. The molecule has 0 spiro atoms. The Morgan fingerprint density at radius 2 is 2.32 bits per heavy atom. The largest absolute Gasteiger partial charge is 0.369 e. The molecule has 0 saturated carbocycles. The number of piperidine rings is 1. The van der Waals surface area contributed by atoms with Crippen LogP contribution in [0.1, 0.15) is 29.7 Å². The van der Waals surface area contributed by atoms with Crippen LogP contribution in [0.4, 0.5) is 0 Å². The van der Waals surface area contributed by atoms with E-state index in [1.54, 1.807) is 11.3 Å². The van der Waals surface area contributed by atoms with Crippen molar-refractivity contribution in [2.24, 2.45) is 5.73 Å². The van der Waals surface area contributed by atoms with Gasteiger partial charge in [0.05, 0.1) is 11.6 Å². The van der Waals surface area contributed by atoms with Crippen LogP contribution in [-0.2, 0) is 17.8 Å². The Labute approximate surface area is 118 Å². The summed E-state index contributed by atoms with van der Waals surface area (Å²) in [6.07, 6.45) is 5.13. The number of carbonyl (C=O) groups excluding carboxylic acids is 1. The van der Waals surface area contributed by atoms with E-state index in [1.807, 2.05) is 6.20 Å². The fourth-order valence-electron chi connectivity index (χ4n) is 2.35. The molecule has 1 aliphatic rings. The zero-order valence-electron chi connectivity index (χ0n) is 11.4. The quantitative estimate of drug-likeness (QED) is 0.807. The molecule has 0 unspecified atom stereocenters. The average Bonchev–Trinajstić information content (AvgIpc) is 2.85. The molecule has 0 radical (unpaired) electrons. The van der Waals surface area contributed by atoms with Crippen molar-refractivity contribution in [2.75, 3.05) is 19.6 Å². The van der Waals surface area contributed by atoms with Crippen molar-refractivity contribution in [3.8, 4) is 0 Å². The van der Waals surface area contributed by atoms with Crippen molar-refractivity contribution in [2.45, 2.75) is 38.8 Å². The molecule has 6 heteroatoms. The molecule has 19 heavy (non-hydrogen) atoms. The molecular weight excluding hydrogens is 260 g/mol. The fourth-order valence-corrected chi connectivity index (χ4v) is 3.17. The second-order valence-corrected chi connectivity index (χ2v) is 6.17. The molecule has 1 fully saturated rings. The van der Waals surface area contributed by atoms with E-state index in [2.05, 4.69) is 22.1 Å². The van der Waals surface area contributed by atoms with Crippen LogP contribution in [0, 0.1) is 0 Å². The number of aromatic nitrogens is 1. The zero-order chi connectivity index (χ0) is 13.7. The zero-order valence-corrected chi connectivity index (χ0v) is 12.2. The maximum Gasteiger partial charge on any atom is 0.231 e. The van der Waals surface area contributed by atoms with Crippen molar-refractivity contribution in [1.29, 1.82) is 0 Å². The van der Waals surface area contributed by atoms with Gasteiger partial charge in [0.25, 0.3) is 0 Å². The molecule has 106 valence electrons. The van der Waals surface area contributed by atoms with Gasteiger partial charge in [0.1, 0.15) is 0 Å². The molecule has 0 bridgehead atoms. The number of hydrogen-bond donors (Lipinski definition) is 2. The molecule has 1 aliphatic heterocycles. The van der Waals surface area contributed by atoms with Crippen LogP contribution >= 0.6 is 11.3 Å². The number of amides is 1. The molecule has 5 nitrogen and oxygen atoms in total. The lowest BCUT2D eigenvalue weighted by Crippen LogP contribution is -2.45. The second-order valence-electron chi connectivity index (χ2n) is 4.97. The summed E-state index contributed by atoms with van der Waals surface area (Å²) in [6, 6.07) is 0.538. The normalized spacial score (nSPS) is 17.7. The number of aryl methyl sites for hydroxylation is 1. The summed E-state index contributed by atoms with van der Waals surface area (Å²) in [6.45, 7) is 5.32. The minimum absolute atomic E-state index is 0.233. The Morgan fingerprint density at radius 3 is 2.89 bits per heavy atom. The van der Waals surface area contributed by atoms with Gasteiger partial charge in [0.15, 0.2) is 0 Å². The molecule has 1 amide bonds. The van der Waals surface area contributed by atoms with E-state index in [0.29, 0.717) is 12.6 Å². The molecule has 1 saturated heterocycles. The molecule has 3 N–H and O–H groups in total. The lowest BCUT2D eigenvalue weighted by molar-refractivity contribution is -0.119. The fraction of sp³-hybridized carbons (Fsp3) is 0.692. The third-order valence-electron chi connectivity index (χ3n) is 3.44. The van der Waals surface area contributed by atoms with Crippen LogP contribution < -0.4 is 11.1 Å². The smallest absolute Gasteiger partial charge is 0.231 e. The Kier molecular flexibility index (Phi) is 5.30. The van der Waals surface area contributed by atoms with E-state index in [0.717, 1.165) is 38.9 Å². The van der Waals surface area contributed by atoms with E-state index in [-0.39, 0.29) is 5.91 Å². The van der Waals surface area contributed by atoms with Gasteiger partial charge in [-0.3, -0.25) is 9.69 Å². The third kappa shape index (κ3) is 4.56. The molecule has 0 atom stereocenters. The predicted octanol–water partition coefficient (Wildman–Crippen LogP) is 0.745. The van der Waals surface area contributed by atoms with Gasteiger partial charge in [-0.15, -0.1) is 11.3 Å². The first-order chi connectivity index (χ1) is 9.17. The van der Waals surface area contributed by atoms with Gasteiger partial charge in [0, 0.05) is 36.8 Å². The van der Waals surface area contributed by atoms with Gasteiger partial charge < -0.3 is 11.1 Å². The number of thiazole rings is 1. The van der Waals surface area contributed by atoms with Gasteiger partial charge in [-0.05, 0) is 19.3 Å². The monoisotopic (exact) mass is 282 g/mol. The predicted molar refractivity (Wildman–Crippen MR) is 77.0 cm³/mol. The van der Waals surface area contributed by atoms with Gasteiger partial charge in [-0.1, -0.05) is 6.92 Å². The van der Waals surface area contributed by atoms with Crippen molar-refractivity contribution in [1.82, 2.24) is 15.2 Å². The maximum absolute atomic E-state index is 10.8. The summed E-state index contributed by atoms with van der Waals surface area (Å²) in [5, 5.41) is 4.78.